The zero-order valence-corrected chi connectivity index (χ0v) is 12.8. The highest BCUT2D eigenvalue weighted by Gasteiger charge is 2.17. The maximum Gasteiger partial charge on any atom is 0.280 e. The van der Waals surface area contributed by atoms with Crippen LogP contribution in [0.2, 0.25) is 5.02 Å². The Morgan fingerprint density at radius 2 is 1.90 bits per heavy atom. The molecule has 6 heteroatoms. The fraction of sp³-hybridized carbons (Fsp3) is 0.133. The Balaban J connectivity index is 2.17. The zero-order chi connectivity index (χ0) is 15.4. The van der Waals surface area contributed by atoms with E-state index in [9.17, 15) is 14.9 Å². The molecule has 0 aliphatic rings. The minimum absolute atomic E-state index is 0.140. The van der Waals surface area contributed by atoms with Gasteiger partial charge >= 0.3 is 0 Å². The van der Waals surface area contributed by atoms with Crippen LogP contribution >= 0.6 is 23.4 Å². The van der Waals surface area contributed by atoms with Crippen LogP contribution in [0.25, 0.3) is 0 Å². The van der Waals surface area contributed by atoms with Crippen LogP contribution in [0.5, 0.6) is 0 Å². The van der Waals surface area contributed by atoms with Crippen LogP contribution < -0.4 is 0 Å². The lowest BCUT2D eigenvalue weighted by atomic mass is 10.1. The summed E-state index contributed by atoms with van der Waals surface area (Å²) in [6.07, 6.45) is 0. The van der Waals surface area contributed by atoms with Gasteiger partial charge in [0.25, 0.3) is 5.69 Å². The maximum atomic E-state index is 11.5. The first kappa shape index (κ1) is 15.5. The predicted octanol–water partition coefficient (Wildman–Crippen LogP) is 4.74. The molecule has 21 heavy (non-hydrogen) atoms. The summed E-state index contributed by atoms with van der Waals surface area (Å²) in [5.74, 6) is 0.391. The number of ketones is 1. The van der Waals surface area contributed by atoms with E-state index in [4.69, 9.17) is 11.6 Å². The molecule has 0 saturated carbocycles. The van der Waals surface area contributed by atoms with Gasteiger partial charge in [0, 0.05) is 21.7 Å². The molecule has 0 heterocycles. The number of halogens is 1. The molecule has 0 spiro atoms. The molecule has 2 rings (SSSR count). The fourth-order valence-electron chi connectivity index (χ4n) is 1.79. The molecule has 0 aromatic heterocycles. The third-order valence-corrected chi connectivity index (χ3v) is 4.18. The van der Waals surface area contributed by atoms with Gasteiger partial charge in [-0.25, -0.2) is 0 Å². The number of nitro benzene ring substituents is 1. The predicted molar refractivity (Wildman–Crippen MR) is 84.1 cm³/mol. The van der Waals surface area contributed by atoms with Gasteiger partial charge in [-0.15, -0.1) is 11.8 Å². The summed E-state index contributed by atoms with van der Waals surface area (Å²) in [7, 11) is 0. The Morgan fingerprint density at radius 3 is 2.48 bits per heavy atom. The third-order valence-electron chi connectivity index (χ3n) is 2.86. The molecule has 0 aliphatic carbocycles. The molecule has 0 bridgehead atoms. The third kappa shape index (κ3) is 4.06. The first-order valence-electron chi connectivity index (χ1n) is 6.14. The van der Waals surface area contributed by atoms with Gasteiger partial charge in [-0.3, -0.25) is 14.9 Å². The number of nitro groups is 1. The number of benzene rings is 2. The minimum atomic E-state index is -0.537. The number of Topliss-reactive ketones (excluding diaryl/α,β-unsaturated/α-hetero) is 1. The summed E-state index contributed by atoms with van der Waals surface area (Å²) in [6.45, 7) is 1.33. The molecular formula is C15H12ClNO3S. The van der Waals surface area contributed by atoms with Crippen LogP contribution in [-0.4, -0.2) is 10.7 Å². The largest absolute Gasteiger partial charge is 0.294 e. The second-order valence-corrected chi connectivity index (χ2v) is 5.89. The van der Waals surface area contributed by atoms with Gasteiger partial charge in [0.1, 0.15) is 0 Å². The van der Waals surface area contributed by atoms with E-state index in [0.717, 1.165) is 10.5 Å². The first-order valence-corrected chi connectivity index (χ1v) is 7.50. The molecule has 0 amide bonds. The highest BCUT2D eigenvalue weighted by atomic mass is 35.5. The van der Waals surface area contributed by atoms with E-state index in [1.54, 1.807) is 12.1 Å². The molecule has 2 aromatic rings. The standard InChI is InChI=1S/C15H12ClNO3S/c1-10(18)14-8-13(6-7-15(14)17(19)20)21-9-11-2-4-12(16)5-3-11/h2-8H,9H2,1H3. The Bertz CT molecular complexity index is 686. The second kappa shape index (κ2) is 6.74. The number of hydrogen-bond donors (Lipinski definition) is 0. The van der Waals surface area contributed by atoms with Crippen molar-refractivity contribution in [3.8, 4) is 0 Å². The van der Waals surface area contributed by atoms with E-state index in [0.29, 0.717) is 10.8 Å². The van der Waals surface area contributed by atoms with Crippen molar-refractivity contribution < 1.29 is 9.72 Å². The summed E-state index contributed by atoms with van der Waals surface area (Å²) >= 11 is 7.34. The van der Waals surface area contributed by atoms with Crippen LogP contribution in [0.3, 0.4) is 0 Å². The number of thioether (sulfide) groups is 1. The van der Waals surface area contributed by atoms with Gasteiger partial charge in [0.15, 0.2) is 5.78 Å². The fourth-order valence-corrected chi connectivity index (χ4v) is 2.81. The SMILES string of the molecule is CC(=O)c1cc(SCc2ccc(Cl)cc2)ccc1[N+](=O)[O-]. The molecule has 0 aliphatic heterocycles. The van der Waals surface area contributed by atoms with E-state index in [1.807, 2.05) is 24.3 Å². The van der Waals surface area contributed by atoms with Crippen molar-refractivity contribution in [1.82, 2.24) is 0 Å². The molecule has 0 atom stereocenters. The van der Waals surface area contributed by atoms with Gasteiger partial charge in [0.2, 0.25) is 0 Å². The summed E-state index contributed by atoms with van der Waals surface area (Å²) in [5.41, 5.74) is 1.08. The lowest BCUT2D eigenvalue weighted by molar-refractivity contribution is -0.385. The number of hydrogen-bond acceptors (Lipinski definition) is 4. The molecule has 0 saturated heterocycles. The summed E-state index contributed by atoms with van der Waals surface area (Å²) in [5, 5.41) is 11.6. The first-order chi connectivity index (χ1) is 9.97. The van der Waals surface area contributed by atoms with Crippen molar-refractivity contribution in [3.05, 3.63) is 68.7 Å². The number of rotatable bonds is 5. The molecule has 0 unspecified atom stereocenters. The molecular weight excluding hydrogens is 310 g/mol. The Morgan fingerprint density at radius 1 is 1.24 bits per heavy atom. The van der Waals surface area contributed by atoms with Crippen LogP contribution in [-0.2, 0) is 5.75 Å². The summed E-state index contributed by atoms with van der Waals surface area (Å²) in [4.78, 5) is 22.7. The smallest absolute Gasteiger partial charge is 0.280 e. The van der Waals surface area contributed by atoms with Crippen LogP contribution in [0.1, 0.15) is 22.8 Å². The molecule has 4 nitrogen and oxygen atoms in total. The summed E-state index contributed by atoms with van der Waals surface area (Å²) < 4.78 is 0. The zero-order valence-electron chi connectivity index (χ0n) is 11.2. The number of carbonyl (C=O) groups excluding carboxylic acids is 1. The van der Waals surface area contributed by atoms with Gasteiger partial charge < -0.3 is 0 Å². The van der Waals surface area contributed by atoms with Gasteiger partial charge in [-0.1, -0.05) is 23.7 Å². The lowest BCUT2D eigenvalue weighted by Gasteiger charge is -2.05. The molecule has 0 fully saturated rings. The van der Waals surface area contributed by atoms with Gasteiger partial charge in [0.05, 0.1) is 10.5 Å². The quantitative estimate of drug-likeness (QED) is 0.345. The van der Waals surface area contributed by atoms with Crippen molar-refractivity contribution in [3.63, 3.8) is 0 Å². The van der Waals surface area contributed by atoms with Crippen LogP contribution in [0.4, 0.5) is 5.69 Å². The highest BCUT2D eigenvalue weighted by molar-refractivity contribution is 7.98. The molecule has 0 N–H and O–H groups in total. The normalized spacial score (nSPS) is 10.4. The van der Waals surface area contributed by atoms with Crippen molar-refractivity contribution in [2.45, 2.75) is 17.6 Å². The topological polar surface area (TPSA) is 60.2 Å². The molecule has 0 radical (unpaired) electrons. The second-order valence-electron chi connectivity index (χ2n) is 4.41. The van der Waals surface area contributed by atoms with E-state index < -0.39 is 4.92 Å². The van der Waals surface area contributed by atoms with E-state index in [-0.39, 0.29) is 17.0 Å². The molecule has 108 valence electrons. The lowest BCUT2D eigenvalue weighted by Crippen LogP contribution is -2.00. The van der Waals surface area contributed by atoms with E-state index in [1.165, 1.54) is 24.8 Å². The van der Waals surface area contributed by atoms with Crippen molar-refractivity contribution in [1.29, 1.82) is 0 Å². The summed E-state index contributed by atoms with van der Waals surface area (Å²) in [6, 6.07) is 12.1. The van der Waals surface area contributed by atoms with Crippen molar-refractivity contribution in [2.75, 3.05) is 0 Å². The van der Waals surface area contributed by atoms with Gasteiger partial charge in [-0.05, 0) is 36.8 Å². The maximum absolute atomic E-state index is 11.5. The van der Waals surface area contributed by atoms with Crippen LogP contribution in [0, 0.1) is 10.1 Å². The Kier molecular flexibility index (Phi) is 4.98. The molecule has 2 aromatic carbocycles. The number of nitrogens with zero attached hydrogens (tertiary/aromatic N) is 1. The average Bonchev–Trinajstić information content (AvgIpc) is 2.46. The van der Waals surface area contributed by atoms with Crippen molar-refractivity contribution in [2.24, 2.45) is 0 Å². The van der Waals surface area contributed by atoms with Crippen LogP contribution in [0.15, 0.2) is 47.4 Å². The minimum Gasteiger partial charge on any atom is -0.294 e. The number of carbonyl (C=O) groups is 1. The highest BCUT2D eigenvalue weighted by Crippen LogP contribution is 2.28. The monoisotopic (exact) mass is 321 g/mol. The van der Waals surface area contributed by atoms with E-state index in [2.05, 4.69) is 0 Å². The van der Waals surface area contributed by atoms with Crippen molar-refractivity contribution >= 4 is 34.8 Å². The Hall–Kier alpha value is -1.85. The Labute approximate surface area is 131 Å². The average molecular weight is 322 g/mol. The van der Waals surface area contributed by atoms with E-state index >= 15 is 0 Å². The van der Waals surface area contributed by atoms with Gasteiger partial charge in [-0.2, -0.15) is 0 Å².